The number of rotatable bonds is 8. The van der Waals surface area contributed by atoms with E-state index in [0.717, 1.165) is 0 Å². The number of carbonyl (C=O) groups excluding carboxylic acids is 2. The highest BCUT2D eigenvalue weighted by molar-refractivity contribution is 5.94. The molecule has 0 radical (unpaired) electrons. The zero-order chi connectivity index (χ0) is 15.7. The Morgan fingerprint density at radius 2 is 1.62 bits per heavy atom. The van der Waals surface area contributed by atoms with Gasteiger partial charge in [-0.2, -0.15) is 0 Å². The number of carboxylic acids is 1. The molecule has 0 atom stereocenters. The van der Waals surface area contributed by atoms with Gasteiger partial charge in [0.05, 0.1) is 19.4 Å². The van der Waals surface area contributed by atoms with Crippen molar-refractivity contribution in [2.45, 2.75) is 19.3 Å². The predicted molar refractivity (Wildman–Crippen MR) is 77.1 cm³/mol. The maximum atomic E-state index is 11.5. The van der Waals surface area contributed by atoms with Gasteiger partial charge in [0.2, 0.25) is 11.8 Å². The number of hydrogen-bond acceptors (Lipinski definition) is 4. The van der Waals surface area contributed by atoms with Crippen molar-refractivity contribution in [1.29, 1.82) is 0 Å². The minimum atomic E-state index is -1.02. The Morgan fingerprint density at radius 1 is 1.05 bits per heavy atom. The largest absolute Gasteiger partial charge is 0.481 e. The summed E-state index contributed by atoms with van der Waals surface area (Å²) < 4.78 is 4.81. The zero-order valence-electron chi connectivity index (χ0n) is 11.7. The lowest BCUT2D eigenvalue weighted by atomic mass is 10.2. The van der Waals surface area contributed by atoms with E-state index in [9.17, 15) is 14.4 Å². The molecule has 0 bridgehead atoms. The van der Waals surface area contributed by atoms with Crippen LogP contribution in [0.2, 0.25) is 0 Å². The Bertz CT molecular complexity index is 516. The van der Waals surface area contributed by atoms with Crippen molar-refractivity contribution in [3.8, 4) is 0 Å². The van der Waals surface area contributed by atoms with Crippen LogP contribution in [-0.4, -0.2) is 36.6 Å². The van der Waals surface area contributed by atoms with Crippen molar-refractivity contribution in [1.82, 2.24) is 0 Å². The van der Waals surface area contributed by atoms with Crippen LogP contribution in [0, 0.1) is 0 Å². The Kier molecular flexibility index (Phi) is 6.90. The van der Waals surface area contributed by atoms with E-state index >= 15 is 0 Å². The van der Waals surface area contributed by atoms with E-state index < -0.39 is 5.97 Å². The van der Waals surface area contributed by atoms with Gasteiger partial charge in [-0.15, -0.1) is 0 Å². The highest BCUT2D eigenvalue weighted by Crippen LogP contribution is 2.15. The number of amides is 2. The molecule has 0 saturated carbocycles. The number of ether oxygens (including phenoxy) is 1. The molecule has 0 aromatic heterocycles. The Hall–Kier alpha value is -2.41. The lowest BCUT2D eigenvalue weighted by Gasteiger charge is -2.08. The van der Waals surface area contributed by atoms with Gasteiger partial charge < -0.3 is 20.5 Å². The SMILES string of the molecule is COCCC(=O)Nc1cccc(NC(=O)CCC(=O)O)c1. The normalized spacial score (nSPS) is 9.95. The maximum Gasteiger partial charge on any atom is 0.303 e. The smallest absolute Gasteiger partial charge is 0.303 e. The lowest BCUT2D eigenvalue weighted by molar-refractivity contribution is -0.138. The van der Waals surface area contributed by atoms with Gasteiger partial charge >= 0.3 is 5.97 Å². The van der Waals surface area contributed by atoms with Gasteiger partial charge in [0.25, 0.3) is 0 Å². The maximum absolute atomic E-state index is 11.5. The molecule has 1 aromatic rings. The first-order valence-electron chi connectivity index (χ1n) is 6.41. The fourth-order valence-electron chi connectivity index (χ4n) is 1.54. The van der Waals surface area contributed by atoms with Gasteiger partial charge in [-0.05, 0) is 18.2 Å². The average molecular weight is 294 g/mol. The summed E-state index contributed by atoms with van der Waals surface area (Å²) >= 11 is 0. The summed E-state index contributed by atoms with van der Waals surface area (Å²) in [4.78, 5) is 33.4. The van der Waals surface area contributed by atoms with Crippen molar-refractivity contribution in [2.75, 3.05) is 24.4 Å². The van der Waals surface area contributed by atoms with Crippen LogP contribution in [0.25, 0.3) is 0 Å². The summed E-state index contributed by atoms with van der Waals surface area (Å²) in [6.07, 6.45) is -0.0786. The van der Waals surface area contributed by atoms with Crippen LogP contribution < -0.4 is 10.6 Å². The standard InChI is InChI=1S/C14H18N2O5/c1-21-8-7-13(18)16-11-4-2-3-10(9-11)15-12(17)5-6-14(19)20/h2-4,9H,5-8H2,1H3,(H,15,17)(H,16,18)(H,19,20). The van der Waals surface area contributed by atoms with E-state index in [2.05, 4.69) is 10.6 Å². The van der Waals surface area contributed by atoms with Crippen LogP contribution in [0.3, 0.4) is 0 Å². The Morgan fingerprint density at radius 3 is 2.14 bits per heavy atom. The van der Waals surface area contributed by atoms with Crippen molar-refractivity contribution < 1.29 is 24.2 Å². The number of anilines is 2. The molecular formula is C14H18N2O5. The van der Waals surface area contributed by atoms with Gasteiger partial charge in [-0.1, -0.05) is 6.07 Å². The number of aliphatic carboxylic acids is 1. The fraction of sp³-hybridized carbons (Fsp3) is 0.357. The first-order valence-corrected chi connectivity index (χ1v) is 6.41. The van der Waals surface area contributed by atoms with Crippen LogP contribution in [0.5, 0.6) is 0 Å². The number of nitrogens with one attached hydrogen (secondary N) is 2. The summed E-state index contributed by atoms with van der Waals surface area (Å²) in [6.45, 7) is 0.331. The second-order valence-corrected chi connectivity index (χ2v) is 4.31. The molecule has 3 N–H and O–H groups in total. The summed E-state index contributed by atoms with van der Waals surface area (Å²) in [6, 6.07) is 6.63. The topological polar surface area (TPSA) is 105 Å². The molecule has 0 spiro atoms. The second-order valence-electron chi connectivity index (χ2n) is 4.31. The molecule has 0 unspecified atom stereocenters. The summed E-state index contributed by atoms with van der Waals surface area (Å²) in [5, 5.41) is 13.8. The zero-order valence-corrected chi connectivity index (χ0v) is 11.7. The van der Waals surface area contributed by atoms with E-state index in [0.29, 0.717) is 18.0 Å². The molecular weight excluding hydrogens is 276 g/mol. The molecule has 0 fully saturated rings. The Labute approximate surface area is 122 Å². The van der Waals surface area contributed by atoms with Crippen molar-refractivity contribution in [3.63, 3.8) is 0 Å². The first-order chi connectivity index (χ1) is 10.0. The summed E-state index contributed by atoms with van der Waals surface area (Å²) in [7, 11) is 1.51. The van der Waals surface area contributed by atoms with Crippen LogP contribution in [0.15, 0.2) is 24.3 Å². The highest BCUT2D eigenvalue weighted by Gasteiger charge is 2.07. The predicted octanol–water partition coefficient (Wildman–Crippen LogP) is 1.46. The van der Waals surface area contributed by atoms with E-state index in [-0.39, 0.29) is 31.1 Å². The van der Waals surface area contributed by atoms with Crippen molar-refractivity contribution in [3.05, 3.63) is 24.3 Å². The molecule has 7 heteroatoms. The van der Waals surface area contributed by atoms with Gasteiger partial charge in [0.1, 0.15) is 0 Å². The van der Waals surface area contributed by atoms with Crippen molar-refractivity contribution >= 4 is 29.2 Å². The average Bonchev–Trinajstić information content (AvgIpc) is 2.43. The number of methoxy groups -OCH3 is 1. The molecule has 114 valence electrons. The molecule has 0 saturated heterocycles. The van der Waals surface area contributed by atoms with Gasteiger partial charge in [0.15, 0.2) is 0 Å². The monoisotopic (exact) mass is 294 g/mol. The highest BCUT2D eigenvalue weighted by atomic mass is 16.5. The molecule has 21 heavy (non-hydrogen) atoms. The third kappa shape index (κ3) is 7.07. The van der Waals surface area contributed by atoms with Crippen molar-refractivity contribution in [2.24, 2.45) is 0 Å². The number of benzene rings is 1. The number of carbonyl (C=O) groups is 3. The van der Waals surface area contributed by atoms with E-state index in [4.69, 9.17) is 9.84 Å². The van der Waals surface area contributed by atoms with Gasteiger partial charge in [0, 0.05) is 24.9 Å². The van der Waals surface area contributed by atoms with Crippen LogP contribution in [0.4, 0.5) is 11.4 Å². The minimum Gasteiger partial charge on any atom is -0.481 e. The van der Waals surface area contributed by atoms with E-state index in [1.54, 1.807) is 24.3 Å². The minimum absolute atomic E-state index is 0.0975. The Balaban J connectivity index is 2.53. The second kappa shape index (κ2) is 8.70. The van der Waals surface area contributed by atoms with Crippen LogP contribution >= 0.6 is 0 Å². The third-order valence-electron chi connectivity index (χ3n) is 2.53. The van der Waals surface area contributed by atoms with E-state index in [1.807, 2.05) is 0 Å². The third-order valence-corrected chi connectivity index (χ3v) is 2.53. The lowest BCUT2D eigenvalue weighted by Crippen LogP contribution is -2.15. The van der Waals surface area contributed by atoms with E-state index in [1.165, 1.54) is 7.11 Å². The quantitative estimate of drug-likeness (QED) is 0.673. The number of carboxylic acid groups (broad SMARTS) is 1. The van der Waals surface area contributed by atoms with Crippen LogP contribution in [0.1, 0.15) is 19.3 Å². The van der Waals surface area contributed by atoms with Gasteiger partial charge in [-0.25, -0.2) is 0 Å². The van der Waals surface area contributed by atoms with Crippen LogP contribution in [-0.2, 0) is 19.1 Å². The summed E-state index contributed by atoms with van der Waals surface area (Å²) in [5.41, 5.74) is 1.04. The van der Waals surface area contributed by atoms with Gasteiger partial charge in [-0.3, -0.25) is 14.4 Å². The molecule has 0 aliphatic rings. The molecule has 0 aliphatic heterocycles. The molecule has 1 rings (SSSR count). The summed E-state index contributed by atoms with van der Waals surface area (Å²) in [5.74, 6) is -1.60. The molecule has 1 aromatic carbocycles. The molecule has 0 heterocycles. The molecule has 2 amide bonds. The fourth-order valence-corrected chi connectivity index (χ4v) is 1.54. The molecule has 7 nitrogen and oxygen atoms in total. The number of hydrogen-bond donors (Lipinski definition) is 3. The molecule has 0 aliphatic carbocycles. The first kappa shape index (κ1) is 16.6.